The maximum atomic E-state index is 13.8. The molecular formula is C29H27FN2O2. The van der Waals surface area contributed by atoms with Crippen molar-refractivity contribution in [3.63, 3.8) is 0 Å². The van der Waals surface area contributed by atoms with Gasteiger partial charge in [0.25, 0.3) is 0 Å². The normalized spacial score (nSPS) is 19.7. The predicted molar refractivity (Wildman–Crippen MR) is 132 cm³/mol. The van der Waals surface area contributed by atoms with Crippen LogP contribution in [0.5, 0.6) is 0 Å². The summed E-state index contributed by atoms with van der Waals surface area (Å²) in [5, 5.41) is 3.51. The molecule has 0 saturated carbocycles. The number of para-hydroxylation sites is 2. The number of nitrogens with one attached hydrogen (secondary N) is 1. The van der Waals surface area contributed by atoms with Crippen molar-refractivity contribution in [3.8, 4) is 0 Å². The van der Waals surface area contributed by atoms with E-state index in [0.29, 0.717) is 18.4 Å². The van der Waals surface area contributed by atoms with Gasteiger partial charge in [0, 0.05) is 24.1 Å². The van der Waals surface area contributed by atoms with Crippen molar-refractivity contribution < 1.29 is 14.0 Å². The first-order valence-corrected chi connectivity index (χ1v) is 11.7. The Balaban J connectivity index is 1.69. The number of nitrogens with zero attached hydrogens (tertiary/aromatic N) is 1. The van der Waals surface area contributed by atoms with Gasteiger partial charge in [0.1, 0.15) is 5.82 Å². The Morgan fingerprint density at radius 2 is 1.65 bits per heavy atom. The number of amides is 1. The van der Waals surface area contributed by atoms with Gasteiger partial charge in [-0.25, -0.2) is 4.39 Å². The number of halogens is 1. The molecule has 1 aliphatic heterocycles. The summed E-state index contributed by atoms with van der Waals surface area (Å²) in [6.45, 7) is 3.86. The molecule has 0 fully saturated rings. The molecule has 0 bridgehead atoms. The van der Waals surface area contributed by atoms with Crippen molar-refractivity contribution in [2.45, 2.75) is 45.1 Å². The lowest BCUT2D eigenvalue weighted by Crippen LogP contribution is -2.38. The molecule has 34 heavy (non-hydrogen) atoms. The van der Waals surface area contributed by atoms with Crippen molar-refractivity contribution in [1.82, 2.24) is 0 Å². The van der Waals surface area contributed by atoms with Gasteiger partial charge in [-0.3, -0.25) is 14.5 Å². The minimum atomic E-state index is -0.620. The lowest BCUT2D eigenvalue weighted by Gasteiger charge is -2.35. The van der Waals surface area contributed by atoms with Crippen molar-refractivity contribution >= 4 is 23.1 Å². The van der Waals surface area contributed by atoms with E-state index in [1.54, 1.807) is 17.0 Å². The van der Waals surface area contributed by atoms with E-state index in [4.69, 9.17) is 0 Å². The van der Waals surface area contributed by atoms with Crippen LogP contribution in [-0.4, -0.2) is 11.7 Å². The second kappa shape index (κ2) is 8.90. The second-order valence-corrected chi connectivity index (χ2v) is 9.04. The van der Waals surface area contributed by atoms with Gasteiger partial charge in [0.05, 0.1) is 17.4 Å². The zero-order valence-corrected chi connectivity index (χ0v) is 19.3. The molecule has 1 amide bonds. The fraction of sp³-hybridized carbons (Fsp3) is 0.241. The molecule has 0 aromatic heterocycles. The summed E-state index contributed by atoms with van der Waals surface area (Å²) in [5.74, 6) is -0.386. The van der Waals surface area contributed by atoms with E-state index >= 15 is 0 Å². The summed E-state index contributed by atoms with van der Waals surface area (Å²) < 4.78 is 13.8. The summed E-state index contributed by atoms with van der Waals surface area (Å²) in [6.07, 6.45) is 1.31. The number of hydrogen-bond acceptors (Lipinski definition) is 3. The van der Waals surface area contributed by atoms with E-state index in [2.05, 4.69) is 29.6 Å². The van der Waals surface area contributed by atoms with Gasteiger partial charge in [-0.1, -0.05) is 61.0 Å². The first-order valence-electron chi connectivity index (χ1n) is 11.7. The number of aryl methyl sites for hydroxylation is 1. The zero-order chi connectivity index (χ0) is 23.8. The third-order valence-corrected chi connectivity index (χ3v) is 6.79. The highest BCUT2D eigenvalue weighted by atomic mass is 19.1. The van der Waals surface area contributed by atoms with E-state index in [-0.39, 0.29) is 29.8 Å². The van der Waals surface area contributed by atoms with Crippen molar-refractivity contribution in [3.05, 3.63) is 107 Å². The molecule has 3 aromatic rings. The first kappa shape index (κ1) is 22.1. The van der Waals surface area contributed by atoms with Crippen LogP contribution in [0.2, 0.25) is 0 Å². The van der Waals surface area contributed by atoms with Crippen molar-refractivity contribution in [1.29, 1.82) is 0 Å². The minimum Gasteiger partial charge on any atom is -0.357 e. The van der Waals surface area contributed by atoms with Gasteiger partial charge in [-0.15, -0.1) is 0 Å². The van der Waals surface area contributed by atoms with E-state index < -0.39 is 6.04 Å². The van der Waals surface area contributed by atoms with Gasteiger partial charge >= 0.3 is 0 Å². The Bertz CT molecular complexity index is 1280. The molecule has 5 rings (SSSR count). The van der Waals surface area contributed by atoms with Gasteiger partial charge in [-0.2, -0.15) is 0 Å². The van der Waals surface area contributed by atoms with Crippen LogP contribution in [0.15, 0.2) is 84.1 Å². The van der Waals surface area contributed by atoms with E-state index in [1.807, 2.05) is 38.1 Å². The van der Waals surface area contributed by atoms with Gasteiger partial charge in [-0.05, 0) is 54.7 Å². The van der Waals surface area contributed by atoms with Crippen LogP contribution >= 0.6 is 0 Å². The molecule has 1 heterocycles. The highest BCUT2D eigenvalue weighted by molar-refractivity contribution is 6.06. The topological polar surface area (TPSA) is 49.4 Å². The number of carbonyl (C=O) groups excluding carboxylic acids is 2. The van der Waals surface area contributed by atoms with Crippen LogP contribution in [0.3, 0.4) is 0 Å². The smallest absolute Gasteiger partial charge is 0.227 e. The van der Waals surface area contributed by atoms with Crippen LogP contribution in [0.4, 0.5) is 15.8 Å². The van der Waals surface area contributed by atoms with Crippen LogP contribution < -0.4 is 10.2 Å². The quantitative estimate of drug-likeness (QED) is 0.495. The van der Waals surface area contributed by atoms with Crippen LogP contribution in [0.1, 0.15) is 54.8 Å². The molecular weight excluding hydrogens is 427 g/mol. The number of benzene rings is 3. The Labute approximate surface area is 199 Å². The van der Waals surface area contributed by atoms with E-state index in [9.17, 15) is 14.0 Å². The highest BCUT2D eigenvalue weighted by Crippen LogP contribution is 2.47. The minimum absolute atomic E-state index is 0.00959. The number of Topliss-reactive ketones (excluding diaryl/α,β-unsaturated/α-hetero) is 1. The first-order chi connectivity index (χ1) is 16.5. The SMILES string of the molecule is CCC(=O)N1c2ccccc2NC2=C(C(=O)C[C@H](c3ccc(C)cc3)C2)[C@H]1c1ccc(F)cc1. The molecule has 0 radical (unpaired) electrons. The molecule has 3 aromatic carbocycles. The standard InChI is InChI=1S/C29H27FN2O2/c1-3-27(34)32-25-7-5-4-6-23(25)31-24-16-21(19-10-8-18(2)9-11-19)17-26(33)28(24)29(32)20-12-14-22(30)15-13-20/h4-15,21,29,31H,3,16-17H2,1-2H3/t21-,29-/m1/s1. The maximum Gasteiger partial charge on any atom is 0.227 e. The molecule has 1 aliphatic carbocycles. The molecule has 5 heteroatoms. The van der Waals surface area contributed by atoms with E-state index in [0.717, 1.165) is 28.2 Å². The number of carbonyl (C=O) groups is 2. The van der Waals surface area contributed by atoms with Crippen molar-refractivity contribution in [2.75, 3.05) is 10.2 Å². The van der Waals surface area contributed by atoms with E-state index in [1.165, 1.54) is 17.7 Å². The van der Waals surface area contributed by atoms with Crippen LogP contribution in [0, 0.1) is 12.7 Å². The Kier molecular flexibility index (Phi) is 5.78. The number of allylic oxidation sites excluding steroid dienone is 1. The molecule has 0 saturated heterocycles. The number of fused-ring (bicyclic) bond motifs is 1. The fourth-order valence-corrected chi connectivity index (χ4v) is 5.07. The van der Waals surface area contributed by atoms with Crippen LogP contribution in [-0.2, 0) is 9.59 Å². The summed E-state index contributed by atoms with van der Waals surface area (Å²) in [4.78, 5) is 28.8. The summed E-state index contributed by atoms with van der Waals surface area (Å²) in [5.41, 5.74) is 5.96. The molecule has 2 aliphatic rings. The van der Waals surface area contributed by atoms with Gasteiger partial charge in [0.15, 0.2) is 5.78 Å². The number of rotatable bonds is 3. The second-order valence-electron chi connectivity index (χ2n) is 9.04. The highest BCUT2D eigenvalue weighted by Gasteiger charge is 2.41. The number of hydrogen-bond donors (Lipinski definition) is 1. The third kappa shape index (κ3) is 3.92. The Morgan fingerprint density at radius 1 is 0.971 bits per heavy atom. The largest absolute Gasteiger partial charge is 0.357 e. The molecule has 172 valence electrons. The van der Waals surface area contributed by atoms with Gasteiger partial charge < -0.3 is 5.32 Å². The molecule has 4 nitrogen and oxygen atoms in total. The molecule has 1 N–H and O–H groups in total. The maximum absolute atomic E-state index is 13.8. The Hall–Kier alpha value is -3.73. The van der Waals surface area contributed by atoms with Crippen LogP contribution in [0.25, 0.3) is 0 Å². The zero-order valence-electron chi connectivity index (χ0n) is 19.3. The number of anilines is 2. The summed E-state index contributed by atoms with van der Waals surface area (Å²) in [6, 6.07) is 21.5. The lowest BCUT2D eigenvalue weighted by atomic mass is 9.78. The lowest BCUT2D eigenvalue weighted by molar-refractivity contribution is -0.119. The molecule has 2 atom stereocenters. The molecule has 0 unspecified atom stereocenters. The summed E-state index contributed by atoms with van der Waals surface area (Å²) in [7, 11) is 0. The monoisotopic (exact) mass is 454 g/mol. The Morgan fingerprint density at radius 3 is 2.35 bits per heavy atom. The van der Waals surface area contributed by atoms with Crippen molar-refractivity contribution in [2.24, 2.45) is 0 Å². The fourth-order valence-electron chi connectivity index (χ4n) is 5.07. The third-order valence-electron chi connectivity index (χ3n) is 6.79. The average Bonchev–Trinajstić information content (AvgIpc) is 2.99. The number of ketones is 1. The summed E-state index contributed by atoms with van der Waals surface area (Å²) >= 11 is 0. The van der Waals surface area contributed by atoms with Gasteiger partial charge in [0.2, 0.25) is 5.91 Å². The molecule has 0 spiro atoms. The average molecular weight is 455 g/mol. The predicted octanol–water partition coefficient (Wildman–Crippen LogP) is 6.44.